The SMILES string of the molecule is C[C@H](O)[C@@H]1C[C@H](C2CC2)OC[C@@]1(NC(=S)CC(=O)c1ccccc1)c1ccc(F)cc1F. The van der Waals surface area contributed by atoms with E-state index < -0.39 is 29.2 Å². The van der Waals surface area contributed by atoms with E-state index >= 15 is 4.39 Å². The van der Waals surface area contributed by atoms with E-state index in [4.69, 9.17) is 17.0 Å². The predicted molar refractivity (Wildman–Crippen MR) is 121 cm³/mol. The lowest BCUT2D eigenvalue weighted by molar-refractivity contribution is -0.108. The standard InChI is InChI=1S/C25H27F2NO3S/c1-15(29)20-12-23(17-7-8-17)31-14-25(20,19-10-9-18(26)11-21(19)27)28-24(32)13-22(30)16-5-3-2-4-6-16/h2-6,9-11,15,17,20,23,29H,7-8,12-14H2,1H3,(H,28,32)/t15-,20-,23+,25+/m0/s1. The van der Waals surface area contributed by atoms with Crippen molar-refractivity contribution in [2.75, 3.05) is 6.61 Å². The van der Waals surface area contributed by atoms with E-state index in [0.717, 1.165) is 18.9 Å². The van der Waals surface area contributed by atoms with Gasteiger partial charge in [0.25, 0.3) is 0 Å². The van der Waals surface area contributed by atoms with Crippen LogP contribution in [0.3, 0.4) is 0 Å². The van der Waals surface area contributed by atoms with Crippen LogP contribution < -0.4 is 5.32 Å². The van der Waals surface area contributed by atoms with Crippen LogP contribution in [0.5, 0.6) is 0 Å². The molecular formula is C25H27F2NO3S. The van der Waals surface area contributed by atoms with Crippen LogP contribution in [0.25, 0.3) is 0 Å². The fraction of sp³-hybridized carbons (Fsp3) is 0.440. The predicted octanol–water partition coefficient (Wildman–Crippen LogP) is 4.55. The van der Waals surface area contributed by atoms with Gasteiger partial charge in [-0.25, -0.2) is 8.78 Å². The van der Waals surface area contributed by atoms with E-state index in [2.05, 4.69) is 5.32 Å². The third-order valence-corrected chi connectivity index (χ3v) is 6.81. The van der Waals surface area contributed by atoms with Crippen molar-refractivity contribution in [2.24, 2.45) is 11.8 Å². The lowest BCUT2D eigenvalue weighted by atomic mass is 9.70. The number of hydrogen-bond donors (Lipinski definition) is 2. The summed E-state index contributed by atoms with van der Waals surface area (Å²) in [4.78, 5) is 12.9. The number of benzene rings is 2. The molecule has 4 rings (SSSR count). The van der Waals surface area contributed by atoms with Crippen LogP contribution >= 0.6 is 12.2 Å². The number of thiocarbonyl (C=S) groups is 1. The Bertz CT molecular complexity index is 996. The molecule has 2 fully saturated rings. The van der Waals surface area contributed by atoms with Crippen LogP contribution in [0.4, 0.5) is 8.78 Å². The zero-order valence-corrected chi connectivity index (χ0v) is 18.7. The molecule has 0 bridgehead atoms. The van der Waals surface area contributed by atoms with Crippen molar-refractivity contribution < 1.29 is 23.4 Å². The van der Waals surface area contributed by atoms with Gasteiger partial charge in [0.05, 0.1) is 35.8 Å². The number of aliphatic hydroxyl groups excluding tert-OH is 1. The highest BCUT2D eigenvalue weighted by molar-refractivity contribution is 7.80. The first kappa shape index (κ1) is 23.0. The monoisotopic (exact) mass is 459 g/mol. The second-order valence-electron chi connectivity index (χ2n) is 8.88. The van der Waals surface area contributed by atoms with Crippen LogP contribution in [-0.4, -0.2) is 34.7 Å². The second kappa shape index (κ2) is 9.33. The molecule has 1 saturated carbocycles. The van der Waals surface area contributed by atoms with Gasteiger partial charge in [-0.05, 0) is 38.2 Å². The molecule has 4 nitrogen and oxygen atoms in total. The van der Waals surface area contributed by atoms with Gasteiger partial charge in [0.1, 0.15) is 11.6 Å². The Balaban J connectivity index is 1.65. The van der Waals surface area contributed by atoms with E-state index in [1.807, 2.05) is 6.07 Å². The number of ether oxygens (including phenoxy) is 1. The van der Waals surface area contributed by atoms with Gasteiger partial charge in [-0.15, -0.1) is 0 Å². The van der Waals surface area contributed by atoms with Crippen LogP contribution in [0.1, 0.15) is 48.5 Å². The first-order valence-electron chi connectivity index (χ1n) is 10.9. The highest BCUT2D eigenvalue weighted by atomic mass is 32.1. The molecule has 2 N–H and O–H groups in total. The summed E-state index contributed by atoms with van der Waals surface area (Å²) in [6.45, 7) is 1.72. The number of ketones is 1. The van der Waals surface area contributed by atoms with Gasteiger partial charge in [0, 0.05) is 23.1 Å². The molecule has 0 amide bonds. The van der Waals surface area contributed by atoms with Gasteiger partial charge >= 0.3 is 0 Å². The van der Waals surface area contributed by atoms with Gasteiger partial charge in [-0.1, -0.05) is 48.6 Å². The van der Waals surface area contributed by atoms with Crippen LogP contribution in [0.15, 0.2) is 48.5 Å². The van der Waals surface area contributed by atoms with Crippen molar-refractivity contribution in [3.8, 4) is 0 Å². The van der Waals surface area contributed by atoms with Crippen molar-refractivity contribution >= 4 is 23.0 Å². The maximum absolute atomic E-state index is 15.0. The van der Waals surface area contributed by atoms with Gasteiger partial charge in [-0.3, -0.25) is 4.79 Å². The van der Waals surface area contributed by atoms with Crippen LogP contribution in [0, 0.1) is 23.5 Å². The minimum Gasteiger partial charge on any atom is -0.393 e. The Kier molecular flexibility index (Phi) is 6.70. The first-order valence-corrected chi connectivity index (χ1v) is 11.4. The first-order chi connectivity index (χ1) is 15.3. The topological polar surface area (TPSA) is 58.6 Å². The van der Waals surface area contributed by atoms with Gasteiger partial charge in [0.2, 0.25) is 0 Å². The summed E-state index contributed by atoms with van der Waals surface area (Å²) in [5, 5.41) is 13.9. The number of hydrogen-bond acceptors (Lipinski definition) is 4. The fourth-order valence-electron chi connectivity index (χ4n) is 4.76. The summed E-state index contributed by atoms with van der Waals surface area (Å²) in [6, 6.07) is 12.2. The molecule has 0 unspecified atom stereocenters. The fourth-order valence-corrected chi connectivity index (χ4v) is 5.07. The Morgan fingerprint density at radius 2 is 1.97 bits per heavy atom. The van der Waals surface area contributed by atoms with Crippen molar-refractivity contribution in [2.45, 2.75) is 50.4 Å². The Morgan fingerprint density at radius 3 is 2.59 bits per heavy atom. The number of rotatable bonds is 7. The molecule has 2 aliphatic rings. The molecule has 0 radical (unpaired) electrons. The largest absolute Gasteiger partial charge is 0.393 e. The smallest absolute Gasteiger partial charge is 0.169 e. The average Bonchev–Trinajstić information content (AvgIpc) is 3.59. The van der Waals surface area contributed by atoms with Gasteiger partial charge in [0.15, 0.2) is 5.78 Å². The number of carbonyl (C=O) groups is 1. The quantitative estimate of drug-likeness (QED) is 0.470. The van der Waals surface area contributed by atoms with Crippen LogP contribution in [0.2, 0.25) is 0 Å². The van der Waals surface area contributed by atoms with Crippen molar-refractivity contribution in [3.05, 3.63) is 71.3 Å². The normalized spacial score (nSPS) is 26.4. The van der Waals surface area contributed by atoms with E-state index in [-0.39, 0.29) is 35.5 Å². The van der Waals surface area contributed by atoms with Crippen molar-refractivity contribution in [3.63, 3.8) is 0 Å². The van der Waals surface area contributed by atoms with E-state index in [1.165, 1.54) is 12.1 Å². The molecule has 1 aliphatic carbocycles. The Hall–Kier alpha value is -2.22. The minimum absolute atomic E-state index is 0.0208. The summed E-state index contributed by atoms with van der Waals surface area (Å²) >= 11 is 5.52. The third kappa shape index (κ3) is 4.75. The molecule has 1 aliphatic heterocycles. The van der Waals surface area contributed by atoms with Gasteiger partial charge in [-0.2, -0.15) is 0 Å². The molecule has 4 atom stereocenters. The number of halogens is 2. The zero-order valence-electron chi connectivity index (χ0n) is 17.9. The van der Waals surface area contributed by atoms with E-state index in [0.29, 0.717) is 17.9 Å². The number of nitrogens with one attached hydrogen (secondary N) is 1. The molecule has 32 heavy (non-hydrogen) atoms. The van der Waals surface area contributed by atoms with Crippen molar-refractivity contribution in [1.82, 2.24) is 5.32 Å². The summed E-state index contributed by atoms with van der Waals surface area (Å²) in [7, 11) is 0. The maximum Gasteiger partial charge on any atom is 0.169 e. The molecule has 1 saturated heterocycles. The third-order valence-electron chi connectivity index (χ3n) is 6.57. The summed E-state index contributed by atoms with van der Waals surface area (Å²) < 4.78 is 34.9. The molecular weight excluding hydrogens is 432 g/mol. The molecule has 0 spiro atoms. The second-order valence-corrected chi connectivity index (χ2v) is 9.37. The molecule has 170 valence electrons. The lowest BCUT2D eigenvalue weighted by Gasteiger charge is -2.49. The molecule has 0 aromatic heterocycles. The maximum atomic E-state index is 15.0. The molecule has 2 aromatic carbocycles. The number of Topliss-reactive ketones (excluding diaryl/α,β-unsaturated/α-hetero) is 1. The lowest BCUT2D eigenvalue weighted by Crippen LogP contribution is -2.61. The summed E-state index contributed by atoms with van der Waals surface area (Å²) in [6.07, 6.45) is 1.78. The Labute approximate surface area is 192 Å². The number of aliphatic hydroxyl groups is 1. The Morgan fingerprint density at radius 1 is 1.25 bits per heavy atom. The molecule has 7 heteroatoms. The summed E-state index contributed by atoms with van der Waals surface area (Å²) in [5.41, 5.74) is -0.515. The average molecular weight is 460 g/mol. The minimum atomic E-state index is -1.22. The highest BCUT2D eigenvalue weighted by Crippen LogP contribution is 2.47. The number of carbonyl (C=O) groups excluding carboxylic acids is 1. The van der Waals surface area contributed by atoms with E-state index in [1.54, 1.807) is 31.2 Å². The molecule has 2 aromatic rings. The van der Waals surface area contributed by atoms with Gasteiger partial charge < -0.3 is 15.2 Å². The van der Waals surface area contributed by atoms with E-state index in [9.17, 15) is 14.3 Å². The highest BCUT2D eigenvalue weighted by Gasteiger charge is 2.52. The summed E-state index contributed by atoms with van der Waals surface area (Å²) in [5.74, 6) is -1.59. The molecule has 1 heterocycles. The van der Waals surface area contributed by atoms with Crippen LogP contribution in [-0.2, 0) is 10.3 Å². The van der Waals surface area contributed by atoms with Crippen molar-refractivity contribution in [1.29, 1.82) is 0 Å². The zero-order chi connectivity index (χ0) is 22.9.